The largest absolute Gasteiger partial charge is 0.395 e. The van der Waals surface area contributed by atoms with Crippen LogP contribution in [0.15, 0.2) is 18.3 Å². The number of aldehydes is 1. The number of nitrogens with zero attached hydrogens (tertiary/aromatic N) is 2. The third kappa shape index (κ3) is 3.02. The molecule has 82 valence electrons. The number of aliphatic hydroxyl groups is 1. The SMILES string of the molecule is CCCN(CCO)c1ncccc1C=O. The van der Waals surface area contributed by atoms with Gasteiger partial charge in [-0.2, -0.15) is 0 Å². The maximum Gasteiger partial charge on any atom is 0.153 e. The first-order valence-electron chi connectivity index (χ1n) is 5.09. The number of carbonyl (C=O) groups excluding carboxylic acids is 1. The highest BCUT2D eigenvalue weighted by Crippen LogP contribution is 2.14. The van der Waals surface area contributed by atoms with Gasteiger partial charge in [0.25, 0.3) is 0 Å². The van der Waals surface area contributed by atoms with Crippen LogP contribution in [0.3, 0.4) is 0 Å². The number of anilines is 1. The number of hydrogen-bond acceptors (Lipinski definition) is 4. The first-order chi connectivity index (χ1) is 7.33. The molecule has 1 aromatic heterocycles. The lowest BCUT2D eigenvalue weighted by Crippen LogP contribution is -2.29. The minimum Gasteiger partial charge on any atom is -0.395 e. The van der Waals surface area contributed by atoms with Crippen LogP contribution in [0.25, 0.3) is 0 Å². The third-order valence-electron chi connectivity index (χ3n) is 2.11. The van der Waals surface area contributed by atoms with Gasteiger partial charge in [-0.3, -0.25) is 4.79 Å². The summed E-state index contributed by atoms with van der Waals surface area (Å²) in [5, 5.41) is 8.93. The predicted molar refractivity (Wildman–Crippen MR) is 59.2 cm³/mol. The van der Waals surface area contributed by atoms with Crippen LogP contribution in [0.2, 0.25) is 0 Å². The topological polar surface area (TPSA) is 53.4 Å². The fourth-order valence-corrected chi connectivity index (χ4v) is 1.48. The molecule has 0 atom stereocenters. The molecule has 0 aliphatic rings. The number of rotatable bonds is 6. The lowest BCUT2D eigenvalue weighted by Gasteiger charge is -2.23. The molecule has 0 bridgehead atoms. The van der Waals surface area contributed by atoms with Gasteiger partial charge in [0.1, 0.15) is 5.82 Å². The van der Waals surface area contributed by atoms with E-state index in [4.69, 9.17) is 5.11 Å². The van der Waals surface area contributed by atoms with E-state index in [1.54, 1.807) is 18.3 Å². The molecule has 0 amide bonds. The summed E-state index contributed by atoms with van der Waals surface area (Å²) in [6.45, 7) is 3.41. The second kappa shape index (κ2) is 6.14. The van der Waals surface area contributed by atoms with Crippen molar-refractivity contribution in [2.75, 3.05) is 24.6 Å². The molecule has 1 heterocycles. The van der Waals surface area contributed by atoms with Gasteiger partial charge in [-0.25, -0.2) is 4.98 Å². The molecule has 0 saturated heterocycles. The highest BCUT2D eigenvalue weighted by Gasteiger charge is 2.10. The highest BCUT2D eigenvalue weighted by atomic mass is 16.3. The van der Waals surface area contributed by atoms with Crippen LogP contribution in [-0.2, 0) is 0 Å². The quantitative estimate of drug-likeness (QED) is 0.711. The summed E-state index contributed by atoms with van der Waals surface area (Å²) in [4.78, 5) is 16.9. The van der Waals surface area contributed by atoms with Gasteiger partial charge in [0.05, 0.1) is 12.2 Å². The van der Waals surface area contributed by atoms with Crippen molar-refractivity contribution in [2.45, 2.75) is 13.3 Å². The number of aromatic nitrogens is 1. The van der Waals surface area contributed by atoms with Crippen LogP contribution >= 0.6 is 0 Å². The molecule has 1 N–H and O–H groups in total. The molecular weight excluding hydrogens is 192 g/mol. The lowest BCUT2D eigenvalue weighted by atomic mass is 10.2. The van der Waals surface area contributed by atoms with E-state index in [2.05, 4.69) is 4.98 Å². The van der Waals surface area contributed by atoms with Crippen LogP contribution in [0.1, 0.15) is 23.7 Å². The first-order valence-corrected chi connectivity index (χ1v) is 5.09. The Balaban J connectivity index is 2.92. The third-order valence-corrected chi connectivity index (χ3v) is 2.11. The number of pyridine rings is 1. The second-order valence-corrected chi connectivity index (χ2v) is 3.24. The molecule has 0 radical (unpaired) electrons. The molecule has 1 aromatic rings. The van der Waals surface area contributed by atoms with Gasteiger partial charge >= 0.3 is 0 Å². The summed E-state index contributed by atoms with van der Waals surface area (Å²) >= 11 is 0. The number of aliphatic hydroxyl groups excluding tert-OH is 1. The van der Waals surface area contributed by atoms with Crippen LogP contribution in [-0.4, -0.2) is 36.1 Å². The van der Waals surface area contributed by atoms with Crippen LogP contribution in [0.4, 0.5) is 5.82 Å². The number of carbonyl (C=O) groups is 1. The molecule has 15 heavy (non-hydrogen) atoms. The maximum absolute atomic E-state index is 10.8. The van der Waals surface area contributed by atoms with E-state index in [1.807, 2.05) is 11.8 Å². The summed E-state index contributed by atoms with van der Waals surface area (Å²) in [6, 6.07) is 3.46. The van der Waals surface area contributed by atoms with E-state index in [0.717, 1.165) is 19.3 Å². The molecule has 0 unspecified atom stereocenters. The average molecular weight is 208 g/mol. The van der Waals surface area contributed by atoms with Crippen LogP contribution in [0, 0.1) is 0 Å². The van der Waals surface area contributed by atoms with Gasteiger partial charge in [0.15, 0.2) is 6.29 Å². The second-order valence-electron chi connectivity index (χ2n) is 3.24. The van der Waals surface area contributed by atoms with Crippen molar-refractivity contribution in [3.63, 3.8) is 0 Å². The van der Waals surface area contributed by atoms with Crippen LogP contribution < -0.4 is 4.90 Å². The Kier molecular flexibility index (Phi) is 4.77. The monoisotopic (exact) mass is 208 g/mol. The van der Waals surface area contributed by atoms with Gasteiger partial charge in [0, 0.05) is 19.3 Å². The maximum atomic E-state index is 10.8. The summed E-state index contributed by atoms with van der Waals surface area (Å²) in [5.41, 5.74) is 0.569. The van der Waals surface area contributed by atoms with Crippen molar-refractivity contribution in [3.8, 4) is 0 Å². The fourth-order valence-electron chi connectivity index (χ4n) is 1.48. The standard InChI is InChI=1S/C11H16N2O2/c1-2-6-13(7-8-14)11-10(9-15)4-3-5-12-11/h3-5,9,14H,2,6-8H2,1H3. The molecule has 0 fully saturated rings. The molecule has 4 nitrogen and oxygen atoms in total. The smallest absolute Gasteiger partial charge is 0.153 e. The minimum atomic E-state index is 0.0644. The van der Waals surface area contributed by atoms with Gasteiger partial charge in [-0.05, 0) is 18.6 Å². The Morgan fingerprint density at radius 3 is 2.93 bits per heavy atom. The summed E-state index contributed by atoms with van der Waals surface area (Å²) in [6.07, 6.45) is 3.40. The van der Waals surface area contributed by atoms with E-state index in [9.17, 15) is 4.79 Å². The Hall–Kier alpha value is -1.42. The molecule has 1 rings (SSSR count). The van der Waals surface area contributed by atoms with Gasteiger partial charge in [-0.15, -0.1) is 0 Å². The fraction of sp³-hybridized carbons (Fsp3) is 0.455. The Morgan fingerprint density at radius 1 is 1.53 bits per heavy atom. The molecule has 0 spiro atoms. The van der Waals surface area contributed by atoms with Crippen molar-refractivity contribution >= 4 is 12.1 Å². The first kappa shape index (κ1) is 11.7. The summed E-state index contributed by atoms with van der Waals surface area (Å²) in [5.74, 6) is 0.656. The molecular formula is C11H16N2O2. The van der Waals surface area contributed by atoms with Crippen molar-refractivity contribution in [1.29, 1.82) is 0 Å². The molecule has 4 heteroatoms. The van der Waals surface area contributed by atoms with Crippen LogP contribution in [0.5, 0.6) is 0 Å². The van der Waals surface area contributed by atoms with Crippen molar-refractivity contribution < 1.29 is 9.90 Å². The van der Waals surface area contributed by atoms with E-state index < -0.39 is 0 Å². The predicted octanol–water partition coefficient (Wildman–Crippen LogP) is 1.10. The molecule has 0 aliphatic heterocycles. The molecule has 0 aromatic carbocycles. The molecule has 0 saturated carbocycles. The van der Waals surface area contributed by atoms with Gasteiger partial charge in [-0.1, -0.05) is 6.92 Å². The molecule has 0 aliphatic carbocycles. The van der Waals surface area contributed by atoms with Crippen molar-refractivity contribution in [3.05, 3.63) is 23.9 Å². The Labute approximate surface area is 89.6 Å². The van der Waals surface area contributed by atoms with Crippen molar-refractivity contribution in [1.82, 2.24) is 4.98 Å². The highest BCUT2D eigenvalue weighted by molar-refractivity contribution is 5.82. The summed E-state index contributed by atoms with van der Waals surface area (Å²) in [7, 11) is 0. The van der Waals surface area contributed by atoms with E-state index in [0.29, 0.717) is 17.9 Å². The van der Waals surface area contributed by atoms with E-state index in [1.165, 1.54) is 0 Å². The Morgan fingerprint density at radius 2 is 2.33 bits per heavy atom. The average Bonchev–Trinajstić information content (AvgIpc) is 2.29. The Bertz CT molecular complexity index is 309. The minimum absolute atomic E-state index is 0.0644. The lowest BCUT2D eigenvalue weighted by molar-refractivity contribution is 0.112. The zero-order valence-corrected chi connectivity index (χ0v) is 8.89. The van der Waals surface area contributed by atoms with E-state index >= 15 is 0 Å². The zero-order valence-electron chi connectivity index (χ0n) is 8.89. The van der Waals surface area contributed by atoms with Gasteiger partial charge < -0.3 is 10.0 Å². The van der Waals surface area contributed by atoms with E-state index in [-0.39, 0.29) is 6.61 Å². The normalized spacial score (nSPS) is 10.0. The van der Waals surface area contributed by atoms with Gasteiger partial charge in [0.2, 0.25) is 0 Å². The number of hydrogen-bond donors (Lipinski definition) is 1. The zero-order chi connectivity index (χ0) is 11.1. The van der Waals surface area contributed by atoms with Crippen molar-refractivity contribution in [2.24, 2.45) is 0 Å². The summed E-state index contributed by atoms with van der Waals surface area (Å²) < 4.78 is 0.